The van der Waals surface area contributed by atoms with Gasteiger partial charge in [0.15, 0.2) is 6.61 Å². The number of ether oxygens (including phenoxy) is 2. The van der Waals surface area contributed by atoms with Gasteiger partial charge in [0, 0.05) is 11.8 Å². The Labute approximate surface area is 155 Å². The highest BCUT2D eigenvalue weighted by molar-refractivity contribution is 5.98. The zero-order valence-corrected chi connectivity index (χ0v) is 15.4. The number of hydrogen-bond donors (Lipinski definition) is 1. The highest BCUT2D eigenvalue weighted by Crippen LogP contribution is 2.18. The molecule has 0 unspecified atom stereocenters. The van der Waals surface area contributed by atoms with E-state index in [-0.39, 0.29) is 16.9 Å². The van der Waals surface area contributed by atoms with Gasteiger partial charge < -0.3 is 19.2 Å². The van der Waals surface area contributed by atoms with Crippen molar-refractivity contribution < 1.29 is 28.3 Å². The molecule has 8 heteroatoms. The SMILES string of the molecule is COC(=O)c1ccc(C)c(NC(=O)COC(=O)c2c(C)cc(=O)oc2C)c1. The van der Waals surface area contributed by atoms with Gasteiger partial charge in [-0.1, -0.05) is 6.07 Å². The first-order valence-electron chi connectivity index (χ1n) is 8.00. The van der Waals surface area contributed by atoms with Crippen molar-refractivity contribution in [3.05, 3.63) is 62.7 Å². The number of benzene rings is 1. The van der Waals surface area contributed by atoms with Gasteiger partial charge >= 0.3 is 17.6 Å². The Balaban J connectivity index is 2.06. The zero-order chi connectivity index (χ0) is 20.1. The second kappa shape index (κ2) is 8.31. The van der Waals surface area contributed by atoms with Gasteiger partial charge in [0.1, 0.15) is 11.3 Å². The Morgan fingerprint density at radius 3 is 2.37 bits per heavy atom. The van der Waals surface area contributed by atoms with Gasteiger partial charge in [-0.25, -0.2) is 14.4 Å². The Morgan fingerprint density at radius 1 is 1.04 bits per heavy atom. The maximum Gasteiger partial charge on any atom is 0.342 e. The predicted molar refractivity (Wildman–Crippen MR) is 95.9 cm³/mol. The number of methoxy groups -OCH3 is 1. The number of rotatable bonds is 5. The summed E-state index contributed by atoms with van der Waals surface area (Å²) in [6, 6.07) is 5.88. The van der Waals surface area contributed by atoms with Crippen LogP contribution in [0.5, 0.6) is 0 Å². The van der Waals surface area contributed by atoms with Gasteiger partial charge in [0.2, 0.25) is 0 Å². The molecule has 1 aromatic carbocycles. The van der Waals surface area contributed by atoms with Crippen molar-refractivity contribution in [3.63, 3.8) is 0 Å². The van der Waals surface area contributed by atoms with Crippen LogP contribution in [0.1, 0.15) is 37.6 Å². The first-order chi connectivity index (χ1) is 12.7. The highest BCUT2D eigenvalue weighted by atomic mass is 16.5. The average Bonchev–Trinajstić information content (AvgIpc) is 2.60. The maximum atomic E-state index is 12.2. The lowest BCUT2D eigenvalue weighted by molar-refractivity contribution is -0.119. The number of carbonyl (C=O) groups is 3. The van der Waals surface area contributed by atoms with Crippen LogP contribution in [0.2, 0.25) is 0 Å². The van der Waals surface area contributed by atoms with Crippen LogP contribution in [0, 0.1) is 20.8 Å². The van der Waals surface area contributed by atoms with E-state index >= 15 is 0 Å². The van der Waals surface area contributed by atoms with Crippen LogP contribution in [0.15, 0.2) is 33.5 Å². The summed E-state index contributed by atoms with van der Waals surface area (Å²) in [6.07, 6.45) is 0. The Morgan fingerprint density at radius 2 is 1.74 bits per heavy atom. The highest BCUT2D eigenvalue weighted by Gasteiger charge is 2.18. The topological polar surface area (TPSA) is 112 Å². The number of hydrogen-bond acceptors (Lipinski definition) is 7. The quantitative estimate of drug-likeness (QED) is 0.799. The predicted octanol–water partition coefficient (Wildman–Crippen LogP) is 2.15. The van der Waals surface area contributed by atoms with Crippen LogP contribution in [0.4, 0.5) is 5.69 Å². The molecular formula is C19H19NO7. The summed E-state index contributed by atoms with van der Waals surface area (Å²) in [7, 11) is 1.26. The molecule has 2 rings (SSSR count). The fourth-order valence-corrected chi connectivity index (χ4v) is 2.45. The molecule has 0 saturated heterocycles. The minimum atomic E-state index is -0.774. The first kappa shape index (κ1) is 19.9. The van der Waals surface area contributed by atoms with E-state index in [4.69, 9.17) is 9.15 Å². The van der Waals surface area contributed by atoms with E-state index in [2.05, 4.69) is 10.1 Å². The minimum Gasteiger partial charge on any atom is -0.465 e. The van der Waals surface area contributed by atoms with E-state index in [0.29, 0.717) is 11.3 Å². The van der Waals surface area contributed by atoms with Crippen LogP contribution in [0.25, 0.3) is 0 Å². The van der Waals surface area contributed by atoms with Crippen molar-refractivity contribution in [3.8, 4) is 0 Å². The summed E-state index contributed by atoms with van der Waals surface area (Å²) in [6.45, 7) is 4.25. The molecule has 1 aromatic heterocycles. The summed E-state index contributed by atoms with van der Waals surface area (Å²) in [5.74, 6) is -1.77. The number of aryl methyl sites for hydroxylation is 3. The van der Waals surface area contributed by atoms with Crippen LogP contribution >= 0.6 is 0 Å². The second-order valence-corrected chi connectivity index (χ2v) is 5.83. The molecule has 0 radical (unpaired) electrons. The molecule has 1 heterocycles. The summed E-state index contributed by atoms with van der Waals surface area (Å²) in [4.78, 5) is 47.1. The molecule has 1 amide bonds. The van der Waals surface area contributed by atoms with E-state index in [1.807, 2.05) is 0 Å². The molecule has 8 nitrogen and oxygen atoms in total. The molecule has 2 aromatic rings. The molecule has 0 aliphatic carbocycles. The van der Waals surface area contributed by atoms with E-state index < -0.39 is 30.1 Å². The number of carbonyl (C=O) groups excluding carboxylic acids is 3. The van der Waals surface area contributed by atoms with Gasteiger partial charge in [-0.05, 0) is 44.0 Å². The third-order valence-corrected chi connectivity index (χ3v) is 3.81. The lowest BCUT2D eigenvalue weighted by Crippen LogP contribution is -2.22. The summed E-state index contributed by atoms with van der Waals surface area (Å²) < 4.78 is 14.5. The Hall–Kier alpha value is -3.42. The Kier molecular flexibility index (Phi) is 6.12. The molecule has 0 fully saturated rings. The number of nitrogens with one attached hydrogen (secondary N) is 1. The fraction of sp³-hybridized carbons (Fsp3) is 0.263. The van der Waals surface area contributed by atoms with Crippen LogP contribution in [-0.2, 0) is 14.3 Å². The van der Waals surface area contributed by atoms with Crippen LogP contribution < -0.4 is 10.9 Å². The monoisotopic (exact) mass is 373 g/mol. The first-order valence-corrected chi connectivity index (χ1v) is 8.00. The summed E-state index contributed by atoms with van der Waals surface area (Å²) in [5, 5.41) is 2.58. The molecular weight excluding hydrogens is 354 g/mol. The van der Waals surface area contributed by atoms with Crippen molar-refractivity contribution >= 4 is 23.5 Å². The number of esters is 2. The van der Waals surface area contributed by atoms with E-state index in [0.717, 1.165) is 5.56 Å². The van der Waals surface area contributed by atoms with Crippen molar-refractivity contribution in [2.24, 2.45) is 0 Å². The largest absolute Gasteiger partial charge is 0.465 e. The normalized spacial score (nSPS) is 10.2. The summed E-state index contributed by atoms with van der Waals surface area (Å²) in [5.41, 5.74) is 1.33. The van der Waals surface area contributed by atoms with Gasteiger partial charge in [-0.3, -0.25) is 4.79 Å². The lowest BCUT2D eigenvalue weighted by atomic mass is 10.1. The second-order valence-electron chi connectivity index (χ2n) is 5.83. The molecule has 0 saturated carbocycles. The zero-order valence-electron chi connectivity index (χ0n) is 15.4. The fourth-order valence-electron chi connectivity index (χ4n) is 2.45. The van der Waals surface area contributed by atoms with E-state index in [9.17, 15) is 19.2 Å². The number of anilines is 1. The van der Waals surface area contributed by atoms with Crippen LogP contribution in [0.3, 0.4) is 0 Å². The molecule has 0 atom stereocenters. The van der Waals surface area contributed by atoms with Crippen molar-refractivity contribution in [2.75, 3.05) is 19.0 Å². The Bertz CT molecular complexity index is 933. The van der Waals surface area contributed by atoms with E-state index in [1.54, 1.807) is 26.0 Å². The van der Waals surface area contributed by atoms with Gasteiger partial charge in [-0.15, -0.1) is 0 Å². The maximum absolute atomic E-state index is 12.2. The smallest absolute Gasteiger partial charge is 0.342 e. The molecule has 0 bridgehead atoms. The molecule has 142 valence electrons. The summed E-state index contributed by atoms with van der Waals surface area (Å²) >= 11 is 0. The van der Waals surface area contributed by atoms with Crippen molar-refractivity contribution in [1.29, 1.82) is 0 Å². The average molecular weight is 373 g/mol. The van der Waals surface area contributed by atoms with Crippen molar-refractivity contribution in [1.82, 2.24) is 0 Å². The lowest BCUT2D eigenvalue weighted by Gasteiger charge is -2.11. The van der Waals surface area contributed by atoms with E-state index in [1.165, 1.54) is 26.2 Å². The third kappa shape index (κ3) is 4.81. The molecule has 1 N–H and O–H groups in total. The standard InChI is InChI=1S/C19H19NO7/c1-10-5-6-13(18(23)25-4)8-14(10)20-15(21)9-26-19(24)17-11(2)7-16(22)27-12(17)3/h5-8H,9H2,1-4H3,(H,20,21). The third-order valence-electron chi connectivity index (χ3n) is 3.81. The number of amides is 1. The van der Waals surface area contributed by atoms with Crippen LogP contribution in [-0.4, -0.2) is 31.6 Å². The van der Waals surface area contributed by atoms with Crippen molar-refractivity contribution in [2.45, 2.75) is 20.8 Å². The van der Waals surface area contributed by atoms with Gasteiger partial charge in [-0.2, -0.15) is 0 Å². The molecule has 0 aliphatic heterocycles. The molecule has 0 spiro atoms. The molecule has 27 heavy (non-hydrogen) atoms. The van der Waals surface area contributed by atoms with Gasteiger partial charge in [0.05, 0.1) is 12.7 Å². The minimum absolute atomic E-state index is 0.103. The van der Waals surface area contributed by atoms with Gasteiger partial charge in [0.25, 0.3) is 5.91 Å². The molecule has 0 aliphatic rings.